The number of rotatable bonds is 6. The molecule has 1 saturated carbocycles. The summed E-state index contributed by atoms with van der Waals surface area (Å²) < 4.78 is 27.2. The van der Waals surface area contributed by atoms with E-state index in [0.717, 1.165) is 34.0 Å². The van der Waals surface area contributed by atoms with E-state index in [1.165, 1.54) is 13.1 Å². The normalized spacial score (nSPS) is 18.0. The quantitative estimate of drug-likeness (QED) is 0.691. The van der Waals surface area contributed by atoms with E-state index < -0.39 is 15.9 Å². The van der Waals surface area contributed by atoms with E-state index in [2.05, 4.69) is 5.32 Å². The number of sulfonamides is 1. The highest BCUT2D eigenvalue weighted by Crippen LogP contribution is 2.39. The molecular weight excluding hydrogens is 450 g/mol. The third kappa shape index (κ3) is 4.40. The summed E-state index contributed by atoms with van der Waals surface area (Å²) in [5.41, 5.74) is 2.98. The standard InChI is InChI=1S/C23H26ClN3O4S/c1-14-4-7-18(24)12-20(14)25-22(28)13-26(3)32(30,31)19-8-9-21-17(11-19)10-15(2)27(21)23(29)16-5-6-16/h4,7-9,11-12,15-16H,5-6,10,13H2,1-3H3,(H,25,28)/t15-/m0/s1. The van der Waals surface area contributed by atoms with Crippen molar-refractivity contribution in [2.75, 3.05) is 23.8 Å². The van der Waals surface area contributed by atoms with Crippen LogP contribution in [0.25, 0.3) is 0 Å². The van der Waals surface area contributed by atoms with Crippen LogP contribution >= 0.6 is 11.6 Å². The maximum atomic E-state index is 13.1. The Morgan fingerprint density at radius 2 is 1.91 bits per heavy atom. The molecule has 0 unspecified atom stereocenters. The van der Waals surface area contributed by atoms with E-state index in [-0.39, 0.29) is 29.3 Å². The van der Waals surface area contributed by atoms with E-state index >= 15 is 0 Å². The number of likely N-dealkylation sites (N-methyl/N-ethyl adjacent to an activating group) is 1. The maximum Gasteiger partial charge on any atom is 0.243 e. The van der Waals surface area contributed by atoms with Crippen molar-refractivity contribution in [1.29, 1.82) is 0 Å². The first-order valence-electron chi connectivity index (χ1n) is 10.6. The highest BCUT2D eigenvalue weighted by atomic mass is 35.5. The minimum Gasteiger partial charge on any atom is -0.325 e. The Kier molecular flexibility index (Phi) is 6.04. The molecule has 32 heavy (non-hydrogen) atoms. The number of halogens is 1. The van der Waals surface area contributed by atoms with Crippen molar-refractivity contribution < 1.29 is 18.0 Å². The number of nitrogens with one attached hydrogen (secondary N) is 1. The number of amides is 2. The highest BCUT2D eigenvalue weighted by molar-refractivity contribution is 7.89. The largest absolute Gasteiger partial charge is 0.325 e. The van der Waals surface area contributed by atoms with Crippen molar-refractivity contribution in [3.8, 4) is 0 Å². The van der Waals surface area contributed by atoms with Gasteiger partial charge in [-0.05, 0) is 74.6 Å². The Morgan fingerprint density at radius 3 is 2.59 bits per heavy atom. The Hall–Kier alpha value is -2.42. The molecule has 0 radical (unpaired) electrons. The van der Waals surface area contributed by atoms with Crippen LogP contribution in [0.5, 0.6) is 0 Å². The van der Waals surface area contributed by atoms with Gasteiger partial charge in [-0.1, -0.05) is 17.7 Å². The Bertz CT molecular complexity index is 1190. The smallest absolute Gasteiger partial charge is 0.243 e. The van der Waals surface area contributed by atoms with Crippen LogP contribution in [0.1, 0.15) is 30.9 Å². The maximum absolute atomic E-state index is 13.1. The molecular formula is C23H26ClN3O4S. The summed E-state index contributed by atoms with van der Waals surface area (Å²) >= 11 is 5.98. The zero-order valence-corrected chi connectivity index (χ0v) is 19.8. The number of carbonyl (C=O) groups is 2. The zero-order valence-electron chi connectivity index (χ0n) is 18.3. The van der Waals surface area contributed by atoms with Crippen molar-refractivity contribution in [1.82, 2.24) is 4.31 Å². The van der Waals surface area contributed by atoms with Crippen molar-refractivity contribution in [3.05, 3.63) is 52.5 Å². The van der Waals surface area contributed by atoms with Gasteiger partial charge in [0, 0.05) is 35.4 Å². The van der Waals surface area contributed by atoms with Gasteiger partial charge in [0.1, 0.15) is 0 Å². The molecule has 0 spiro atoms. The number of hydrogen-bond acceptors (Lipinski definition) is 4. The molecule has 1 fully saturated rings. The average molecular weight is 476 g/mol. The van der Waals surface area contributed by atoms with Gasteiger partial charge < -0.3 is 10.2 Å². The van der Waals surface area contributed by atoms with Crippen molar-refractivity contribution in [2.45, 2.75) is 44.0 Å². The lowest BCUT2D eigenvalue weighted by atomic mass is 10.1. The van der Waals surface area contributed by atoms with Crippen LogP contribution in [0.3, 0.4) is 0 Å². The highest BCUT2D eigenvalue weighted by Gasteiger charge is 2.40. The summed E-state index contributed by atoms with van der Waals surface area (Å²) in [5, 5.41) is 3.19. The second-order valence-corrected chi connectivity index (χ2v) is 11.1. The monoisotopic (exact) mass is 475 g/mol. The fourth-order valence-electron chi connectivity index (χ4n) is 4.02. The van der Waals surface area contributed by atoms with E-state index in [0.29, 0.717) is 17.1 Å². The van der Waals surface area contributed by atoms with Crippen molar-refractivity contribution in [2.24, 2.45) is 5.92 Å². The number of aryl methyl sites for hydroxylation is 1. The van der Waals surface area contributed by atoms with Crippen LogP contribution in [0, 0.1) is 12.8 Å². The molecule has 9 heteroatoms. The summed E-state index contributed by atoms with van der Waals surface area (Å²) in [5.74, 6) is -0.242. The van der Waals surface area contributed by atoms with Crippen LogP contribution in [0.15, 0.2) is 41.3 Å². The molecule has 2 aromatic rings. The minimum atomic E-state index is -3.88. The molecule has 0 bridgehead atoms. The molecule has 1 atom stereocenters. The number of anilines is 2. The van der Waals surface area contributed by atoms with Gasteiger partial charge in [0.15, 0.2) is 0 Å². The zero-order chi connectivity index (χ0) is 23.2. The molecule has 2 aliphatic rings. The van der Waals surface area contributed by atoms with Crippen LogP contribution in [0.4, 0.5) is 11.4 Å². The lowest BCUT2D eigenvalue weighted by Gasteiger charge is -2.23. The fraction of sp³-hybridized carbons (Fsp3) is 0.391. The fourth-order valence-corrected chi connectivity index (χ4v) is 5.37. The van der Waals surface area contributed by atoms with Gasteiger partial charge in [-0.3, -0.25) is 9.59 Å². The second-order valence-electron chi connectivity index (χ2n) is 8.59. The van der Waals surface area contributed by atoms with Gasteiger partial charge in [0.25, 0.3) is 0 Å². The Morgan fingerprint density at radius 1 is 1.19 bits per heavy atom. The molecule has 1 aliphatic carbocycles. The Labute approximate surface area is 193 Å². The molecule has 170 valence electrons. The van der Waals surface area contributed by atoms with Crippen LogP contribution in [0.2, 0.25) is 5.02 Å². The van der Waals surface area contributed by atoms with Crippen LogP contribution < -0.4 is 10.2 Å². The number of hydrogen-bond donors (Lipinski definition) is 1. The Balaban J connectivity index is 1.49. The minimum absolute atomic E-state index is 0.000461. The van der Waals surface area contributed by atoms with Gasteiger partial charge in [0.2, 0.25) is 21.8 Å². The van der Waals surface area contributed by atoms with Gasteiger partial charge in [-0.25, -0.2) is 8.42 Å². The number of benzene rings is 2. The molecule has 2 aromatic carbocycles. The molecule has 1 aliphatic heterocycles. The molecule has 1 heterocycles. The van der Waals surface area contributed by atoms with Gasteiger partial charge in [0.05, 0.1) is 11.4 Å². The molecule has 4 rings (SSSR count). The van der Waals surface area contributed by atoms with Crippen LogP contribution in [-0.2, 0) is 26.0 Å². The first kappa shape index (κ1) is 22.8. The van der Waals surface area contributed by atoms with Gasteiger partial charge in [-0.15, -0.1) is 0 Å². The lowest BCUT2D eigenvalue weighted by Crippen LogP contribution is -2.36. The molecule has 2 amide bonds. The topological polar surface area (TPSA) is 86.8 Å². The molecule has 1 N–H and O–H groups in total. The predicted octanol–water partition coefficient (Wildman–Crippen LogP) is 3.60. The third-order valence-corrected chi connectivity index (χ3v) is 8.01. The predicted molar refractivity (Wildman–Crippen MR) is 124 cm³/mol. The van der Waals surface area contributed by atoms with Gasteiger partial charge >= 0.3 is 0 Å². The summed E-state index contributed by atoms with van der Waals surface area (Å²) in [4.78, 5) is 27.0. The first-order chi connectivity index (χ1) is 15.1. The first-order valence-corrected chi connectivity index (χ1v) is 12.4. The third-order valence-electron chi connectivity index (χ3n) is 5.98. The average Bonchev–Trinajstić information content (AvgIpc) is 3.52. The van der Waals surface area contributed by atoms with Crippen molar-refractivity contribution in [3.63, 3.8) is 0 Å². The number of nitrogens with zero attached hydrogens (tertiary/aromatic N) is 2. The second kappa shape index (κ2) is 8.50. The summed E-state index contributed by atoms with van der Waals surface area (Å²) in [7, 11) is -2.51. The van der Waals surface area contributed by atoms with Crippen LogP contribution in [-0.4, -0.2) is 44.2 Å². The lowest BCUT2D eigenvalue weighted by molar-refractivity contribution is -0.120. The summed E-state index contributed by atoms with van der Waals surface area (Å²) in [6.07, 6.45) is 2.45. The number of fused-ring (bicyclic) bond motifs is 1. The van der Waals surface area contributed by atoms with E-state index in [9.17, 15) is 18.0 Å². The molecule has 0 aromatic heterocycles. The molecule has 0 saturated heterocycles. The van der Waals surface area contributed by atoms with Crippen molar-refractivity contribution >= 4 is 44.8 Å². The summed E-state index contributed by atoms with van der Waals surface area (Å²) in [6, 6.07) is 9.96. The SMILES string of the molecule is Cc1ccc(Cl)cc1NC(=O)CN(C)S(=O)(=O)c1ccc2c(c1)C[C@H](C)N2C(=O)C1CC1. The molecule has 7 nitrogen and oxygen atoms in total. The number of carbonyl (C=O) groups excluding carboxylic acids is 2. The van der Waals surface area contributed by atoms with E-state index in [4.69, 9.17) is 11.6 Å². The van der Waals surface area contributed by atoms with E-state index in [1.54, 1.807) is 35.2 Å². The summed E-state index contributed by atoms with van der Waals surface area (Å²) in [6.45, 7) is 3.46. The van der Waals surface area contributed by atoms with Gasteiger partial charge in [-0.2, -0.15) is 4.31 Å². The van der Waals surface area contributed by atoms with E-state index in [1.807, 2.05) is 13.8 Å².